The fourth-order valence-electron chi connectivity index (χ4n) is 1.57. The third-order valence-corrected chi connectivity index (χ3v) is 3.52. The van der Waals surface area contributed by atoms with Gasteiger partial charge in [0.2, 0.25) is 5.16 Å². The second-order valence-electron chi connectivity index (χ2n) is 4.08. The summed E-state index contributed by atoms with van der Waals surface area (Å²) in [6.07, 6.45) is 2.26. The van der Waals surface area contributed by atoms with Crippen LogP contribution in [0.25, 0.3) is 0 Å². The molecule has 0 aliphatic heterocycles. The quantitative estimate of drug-likeness (QED) is 0.464. The number of benzene rings is 1. The van der Waals surface area contributed by atoms with Crippen LogP contribution in [-0.4, -0.2) is 28.5 Å². The van der Waals surface area contributed by atoms with E-state index in [1.54, 1.807) is 18.0 Å². The molecule has 0 saturated carbocycles. The zero-order chi connectivity index (χ0) is 14.2. The Morgan fingerprint density at radius 3 is 2.80 bits per heavy atom. The van der Waals surface area contributed by atoms with Crippen molar-refractivity contribution >= 4 is 18.0 Å². The van der Waals surface area contributed by atoms with Crippen LogP contribution in [0.2, 0.25) is 0 Å². The highest BCUT2D eigenvalue weighted by Gasteiger charge is 2.05. The molecule has 0 aliphatic carbocycles. The van der Waals surface area contributed by atoms with E-state index in [0.29, 0.717) is 11.6 Å². The molecule has 0 N–H and O–H groups in total. The second kappa shape index (κ2) is 7.59. The van der Waals surface area contributed by atoms with Crippen LogP contribution in [0.1, 0.15) is 17.0 Å². The predicted octanol–water partition coefficient (Wildman–Crippen LogP) is 2.65. The largest absolute Gasteiger partial charge is 0.399 e. The average Bonchev–Trinajstić information content (AvgIpc) is 2.49. The van der Waals surface area contributed by atoms with Gasteiger partial charge >= 0.3 is 0 Å². The van der Waals surface area contributed by atoms with Crippen molar-refractivity contribution in [2.75, 3.05) is 7.11 Å². The number of hydrogen-bond donors (Lipinski definition) is 0. The van der Waals surface area contributed by atoms with Crippen LogP contribution in [-0.2, 0) is 17.0 Å². The normalized spacial score (nSPS) is 10.9. The van der Waals surface area contributed by atoms with Crippen LogP contribution in [0.5, 0.6) is 0 Å². The van der Waals surface area contributed by atoms with Gasteiger partial charge in [0.25, 0.3) is 0 Å². The highest BCUT2D eigenvalue weighted by molar-refractivity contribution is 7.98. The summed E-state index contributed by atoms with van der Waals surface area (Å²) in [6.45, 7) is 1.89. The SMILES string of the molecule is CON=CCc1nc(SCc2ccccc2)nnc1C. The van der Waals surface area contributed by atoms with Gasteiger partial charge in [0.1, 0.15) is 7.11 Å². The lowest BCUT2D eigenvalue weighted by Crippen LogP contribution is -2.03. The van der Waals surface area contributed by atoms with Gasteiger partial charge in [-0.25, -0.2) is 4.98 Å². The summed E-state index contributed by atoms with van der Waals surface area (Å²) in [6, 6.07) is 10.2. The van der Waals surface area contributed by atoms with Crippen LogP contribution in [0.3, 0.4) is 0 Å². The minimum Gasteiger partial charge on any atom is -0.399 e. The van der Waals surface area contributed by atoms with Crippen molar-refractivity contribution in [3.63, 3.8) is 0 Å². The number of oxime groups is 1. The number of rotatable bonds is 6. The van der Waals surface area contributed by atoms with Crippen molar-refractivity contribution in [1.82, 2.24) is 15.2 Å². The summed E-state index contributed by atoms with van der Waals surface area (Å²) in [5.41, 5.74) is 2.93. The van der Waals surface area contributed by atoms with Crippen molar-refractivity contribution in [1.29, 1.82) is 0 Å². The number of hydrogen-bond acceptors (Lipinski definition) is 6. The lowest BCUT2D eigenvalue weighted by molar-refractivity contribution is 0.214. The molecule has 0 aliphatic rings. The molecular weight excluding hydrogens is 272 g/mol. The fraction of sp³-hybridized carbons (Fsp3) is 0.286. The maximum Gasteiger partial charge on any atom is 0.209 e. The van der Waals surface area contributed by atoms with E-state index in [9.17, 15) is 0 Å². The van der Waals surface area contributed by atoms with E-state index in [2.05, 4.69) is 37.3 Å². The first-order valence-corrected chi connectivity index (χ1v) is 7.20. The van der Waals surface area contributed by atoms with E-state index in [1.807, 2.05) is 25.1 Å². The lowest BCUT2D eigenvalue weighted by Gasteiger charge is -2.04. The molecule has 0 saturated heterocycles. The molecule has 20 heavy (non-hydrogen) atoms. The third kappa shape index (κ3) is 4.31. The molecule has 0 bridgehead atoms. The minimum atomic E-state index is 0.591. The summed E-state index contributed by atoms with van der Waals surface area (Å²) in [7, 11) is 1.52. The third-order valence-electron chi connectivity index (χ3n) is 2.61. The lowest BCUT2D eigenvalue weighted by atomic mass is 10.2. The van der Waals surface area contributed by atoms with Crippen LogP contribution in [0, 0.1) is 6.92 Å². The molecule has 1 heterocycles. The predicted molar refractivity (Wildman–Crippen MR) is 79.8 cm³/mol. The number of thioether (sulfide) groups is 1. The Bertz CT molecular complexity index is 575. The highest BCUT2D eigenvalue weighted by atomic mass is 32.2. The summed E-state index contributed by atoms with van der Waals surface area (Å²) in [5.74, 6) is 0.831. The van der Waals surface area contributed by atoms with Crippen LogP contribution in [0.15, 0.2) is 40.6 Å². The topological polar surface area (TPSA) is 60.3 Å². The van der Waals surface area contributed by atoms with E-state index in [4.69, 9.17) is 0 Å². The van der Waals surface area contributed by atoms with Gasteiger partial charge < -0.3 is 4.84 Å². The Kier molecular flexibility index (Phi) is 5.49. The summed E-state index contributed by atoms with van der Waals surface area (Å²) < 4.78 is 0. The monoisotopic (exact) mass is 288 g/mol. The van der Waals surface area contributed by atoms with Crippen molar-refractivity contribution in [3.8, 4) is 0 Å². The van der Waals surface area contributed by atoms with Crippen molar-refractivity contribution in [2.24, 2.45) is 5.16 Å². The highest BCUT2D eigenvalue weighted by Crippen LogP contribution is 2.19. The molecule has 104 valence electrons. The molecule has 0 unspecified atom stereocenters. The second-order valence-corrected chi connectivity index (χ2v) is 5.02. The molecular formula is C14H16N4OS. The molecule has 0 atom stereocenters. The number of nitrogens with zero attached hydrogens (tertiary/aromatic N) is 4. The van der Waals surface area contributed by atoms with Gasteiger partial charge in [0.15, 0.2) is 0 Å². The van der Waals surface area contributed by atoms with Crippen LogP contribution in [0.4, 0.5) is 0 Å². The molecule has 0 radical (unpaired) electrons. The first-order chi connectivity index (χ1) is 9.79. The molecule has 0 spiro atoms. The molecule has 0 amide bonds. The summed E-state index contributed by atoms with van der Waals surface area (Å²) in [4.78, 5) is 9.14. The maximum absolute atomic E-state index is 4.64. The van der Waals surface area contributed by atoms with Crippen molar-refractivity contribution < 1.29 is 4.84 Å². The first kappa shape index (κ1) is 14.5. The zero-order valence-electron chi connectivity index (χ0n) is 11.5. The van der Waals surface area contributed by atoms with Gasteiger partial charge in [-0.05, 0) is 12.5 Å². The molecule has 5 nitrogen and oxygen atoms in total. The van der Waals surface area contributed by atoms with Gasteiger partial charge in [-0.3, -0.25) is 0 Å². The fourth-order valence-corrected chi connectivity index (χ4v) is 2.33. The Hall–Kier alpha value is -1.95. The molecule has 6 heteroatoms. The molecule has 2 rings (SSSR count). The van der Waals surface area contributed by atoms with Gasteiger partial charge in [-0.15, -0.1) is 5.10 Å². The zero-order valence-corrected chi connectivity index (χ0v) is 12.3. The van der Waals surface area contributed by atoms with Crippen LogP contribution >= 0.6 is 11.8 Å². The van der Waals surface area contributed by atoms with Gasteiger partial charge in [0.05, 0.1) is 11.4 Å². The first-order valence-electron chi connectivity index (χ1n) is 6.21. The van der Waals surface area contributed by atoms with Gasteiger partial charge in [0, 0.05) is 18.4 Å². The summed E-state index contributed by atoms with van der Waals surface area (Å²) >= 11 is 1.58. The Balaban J connectivity index is 2.01. The minimum absolute atomic E-state index is 0.591. The average molecular weight is 288 g/mol. The maximum atomic E-state index is 4.64. The Morgan fingerprint density at radius 1 is 1.25 bits per heavy atom. The smallest absolute Gasteiger partial charge is 0.209 e. The molecule has 0 fully saturated rings. The standard InChI is InChI=1S/C14H16N4OS/c1-11-13(8-9-15-19-2)16-14(18-17-11)20-10-12-6-4-3-5-7-12/h3-7,9H,8,10H2,1-2H3. The Labute approximate surface area is 122 Å². The van der Waals surface area contributed by atoms with Gasteiger partial charge in [-0.1, -0.05) is 47.2 Å². The molecule has 1 aromatic heterocycles. The van der Waals surface area contributed by atoms with E-state index >= 15 is 0 Å². The van der Waals surface area contributed by atoms with Crippen molar-refractivity contribution in [3.05, 3.63) is 47.3 Å². The van der Waals surface area contributed by atoms with Crippen LogP contribution < -0.4 is 0 Å². The van der Waals surface area contributed by atoms with E-state index in [1.165, 1.54) is 12.7 Å². The van der Waals surface area contributed by atoms with E-state index in [-0.39, 0.29) is 0 Å². The van der Waals surface area contributed by atoms with Crippen molar-refractivity contribution in [2.45, 2.75) is 24.3 Å². The Morgan fingerprint density at radius 2 is 2.05 bits per heavy atom. The molecule has 1 aromatic carbocycles. The molecule has 2 aromatic rings. The van der Waals surface area contributed by atoms with E-state index < -0.39 is 0 Å². The number of aromatic nitrogens is 3. The summed E-state index contributed by atoms with van der Waals surface area (Å²) in [5, 5.41) is 12.6. The van der Waals surface area contributed by atoms with E-state index in [0.717, 1.165) is 17.1 Å². The number of aryl methyl sites for hydroxylation is 1. The van der Waals surface area contributed by atoms with Gasteiger partial charge in [-0.2, -0.15) is 5.10 Å².